The molecule has 8 aliphatic carbocycles. The van der Waals surface area contributed by atoms with Gasteiger partial charge in [-0.1, -0.05) is 0 Å². The first kappa shape index (κ1) is 18.4. The summed E-state index contributed by atoms with van der Waals surface area (Å²) in [6.07, 6.45) is 11.9. The van der Waals surface area contributed by atoms with Crippen LogP contribution in [0.15, 0.2) is 33.2 Å². The van der Waals surface area contributed by atoms with Gasteiger partial charge in [-0.2, -0.15) is 0 Å². The van der Waals surface area contributed by atoms with E-state index < -0.39 is 0 Å². The van der Waals surface area contributed by atoms with Crippen LogP contribution in [0.25, 0.3) is 21.5 Å². The third-order valence-corrected chi connectivity index (χ3v) is 15.1. The summed E-state index contributed by atoms with van der Waals surface area (Å²) in [7, 11) is 0. The smallest absolute Gasteiger partial charge is 0.0333 e. The molecule has 3 aromatic carbocycles. The number of hydrogen-bond acceptors (Lipinski definition) is 0. The topological polar surface area (TPSA) is 0 Å². The van der Waals surface area contributed by atoms with Gasteiger partial charge in [0.25, 0.3) is 0 Å². The lowest BCUT2D eigenvalue weighted by Gasteiger charge is -2.43. The van der Waals surface area contributed by atoms with Crippen LogP contribution < -0.4 is 0 Å². The first-order valence-electron chi connectivity index (χ1n) is 14.0. The molecule has 0 heterocycles. The van der Waals surface area contributed by atoms with Crippen LogP contribution in [-0.4, -0.2) is 0 Å². The Labute approximate surface area is 217 Å². The minimum atomic E-state index is 0.719. The second-order valence-electron chi connectivity index (χ2n) is 14.1. The zero-order valence-corrected chi connectivity index (χ0v) is 22.5. The second kappa shape index (κ2) is 5.24. The molecule has 10 unspecified atom stereocenters. The Hall–Kier alpha value is -0.860. The largest absolute Gasteiger partial charge is 0.0495 e. The van der Waals surface area contributed by atoms with E-state index in [2.05, 4.69) is 56.1 Å². The minimum Gasteiger partial charge on any atom is -0.0495 e. The first-order valence-corrected chi connectivity index (χ1v) is 15.6. The second-order valence-corrected chi connectivity index (χ2v) is 15.7. The average Bonchev–Trinajstić information content (AvgIpc) is 3.68. The maximum absolute atomic E-state index is 4.19. The highest BCUT2D eigenvalue weighted by atomic mass is 79.9. The van der Waals surface area contributed by atoms with Gasteiger partial charge in [-0.3, -0.25) is 0 Å². The zero-order chi connectivity index (χ0) is 21.9. The van der Waals surface area contributed by atoms with Crippen LogP contribution in [-0.2, 0) is 0 Å². The molecule has 11 rings (SSSR count). The van der Waals surface area contributed by atoms with Crippen LogP contribution in [0.2, 0.25) is 0 Å². The van der Waals surface area contributed by atoms with Crippen LogP contribution in [0, 0.1) is 34.5 Å². The number of benzene rings is 3. The summed E-state index contributed by atoms with van der Waals surface area (Å²) in [5.41, 5.74) is 8.36. The fourth-order valence-corrected chi connectivity index (χ4v) is 13.2. The maximum Gasteiger partial charge on any atom is 0.0333 e. The van der Waals surface area contributed by atoms with Crippen LogP contribution in [0.3, 0.4) is 0 Å². The summed E-state index contributed by atoms with van der Waals surface area (Å²) in [4.78, 5) is 0. The fraction of sp³-hybridized carbons (Fsp3) is 0.562. The molecule has 2 heteroatoms. The van der Waals surface area contributed by atoms with Crippen LogP contribution in [0.5, 0.6) is 0 Å². The van der Waals surface area contributed by atoms with Gasteiger partial charge < -0.3 is 0 Å². The van der Waals surface area contributed by atoms with E-state index >= 15 is 0 Å². The summed E-state index contributed by atoms with van der Waals surface area (Å²) in [6.45, 7) is 0. The molecule has 0 amide bonds. The summed E-state index contributed by atoms with van der Waals surface area (Å²) in [5, 5.41) is 5.82. The number of hydrogen-bond donors (Lipinski definition) is 0. The number of fused-ring (bicyclic) bond motifs is 10. The highest BCUT2D eigenvalue weighted by molar-refractivity contribution is 9.11. The maximum atomic E-state index is 4.19. The molecule has 3 aromatic rings. The van der Waals surface area contributed by atoms with E-state index in [1.165, 1.54) is 81.9 Å². The Morgan fingerprint density at radius 1 is 0.529 bits per heavy atom. The number of rotatable bonds is 0. The van der Waals surface area contributed by atoms with Crippen molar-refractivity contribution in [1.29, 1.82) is 0 Å². The third-order valence-electron chi connectivity index (χ3n) is 13.4. The van der Waals surface area contributed by atoms with Crippen molar-refractivity contribution in [2.24, 2.45) is 34.5 Å². The molecule has 4 bridgehead atoms. The predicted octanol–water partition coefficient (Wildman–Crippen LogP) is 9.52. The van der Waals surface area contributed by atoms with Gasteiger partial charge in [0.1, 0.15) is 0 Å². The molecule has 6 fully saturated rings. The van der Waals surface area contributed by atoms with Gasteiger partial charge >= 0.3 is 0 Å². The monoisotopic (exact) mass is 570 g/mol. The van der Waals surface area contributed by atoms with E-state index in [1.807, 2.05) is 0 Å². The normalized spacial score (nSPS) is 48.8. The standard InChI is InChI=1S/C32H28Br2/c33-29-21-5-17-13-1-15-9-31(25(15)3-13)11-27(31)19(17)7-23(21)30(34)24-8-20-18(6-22(24)29)14-2-16-10-32(12-28(20)32)26(16)4-14/h5-8,13-16,25-28H,1-4,9-12H2. The van der Waals surface area contributed by atoms with Crippen molar-refractivity contribution in [1.82, 2.24) is 0 Å². The van der Waals surface area contributed by atoms with Gasteiger partial charge in [0.05, 0.1) is 0 Å². The third kappa shape index (κ3) is 1.75. The van der Waals surface area contributed by atoms with Crippen molar-refractivity contribution in [3.63, 3.8) is 0 Å². The predicted molar refractivity (Wildman–Crippen MR) is 144 cm³/mol. The minimum absolute atomic E-state index is 0.719. The molecule has 170 valence electrons. The van der Waals surface area contributed by atoms with E-state index in [9.17, 15) is 0 Å². The van der Waals surface area contributed by atoms with Crippen molar-refractivity contribution >= 4 is 53.4 Å². The summed E-state index contributed by atoms with van der Waals surface area (Å²) in [6, 6.07) is 10.6. The van der Waals surface area contributed by atoms with Gasteiger partial charge in [-0.05, 0) is 209 Å². The Bertz CT molecular complexity index is 1380. The van der Waals surface area contributed by atoms with Crippen molar-refractivity contribution < 1.29 is 0 Å². The molecular formula is C32H28Br2. The van der Waals surface area contributed by atoms with E-state index in [-0.39, 0.29) is 0 Å². The van der Waals surface area contributed by atoms with E-state index in [4.69, 9.17) is 0 Å². The summed E-state index contributed by atoms with van der Waals surface area (Å²) < 4.78 is 2.72. The molecule has 0 radical (unpaired) electrons. The Morgan fingerprint density at radius 3 is 1.38 bits per heavy atom. The number of halogens is 2. The quantitative estimate of drug-likeness (QED) is 0.236. The summed E-state index contributed by atoms with van der Waals surface area (Å²) >= 11 is 8.37. The molecule has 0 aromatic heterocycles. The lowest BCUT2D eigenvalue weighted by molar-refractivity contribution is 0.0724. The zero-order valence-electron chi connectivity index (χ0n) is 19.3. The van der Waals surface area contributed by atoms with Gasteiger partial charge in [0.2, 0.25) is 0 Å². The van der Waals surface area contributed by atoms with Gasteiger partial charge in [0.15, 0.2) is 0 Å². The van der Waals surface area contributed by atoms with Crippen molar-refractivity contribution in [2.75, 3.05) is 0 Å². The molecule has 34 heavy (non-hydrogen) atoms. The van der Waals surface area contributed by atoms with E-state index in [0.29, 0.717) is 0 Å². The molecule has 8 aliphatic rings. The van der Waals surface area contributed by atoms with E-state index in [0.717, 1.165) is 58.2 Å². The van der Waals surface area contributed by atoms with Crippen LogP contribution in [0.1, 0.15) is 97.3 Å². The molecular weight excluding hydrogens is 544 g/mol. The van der Waals surface area contributed by atoms with Gasteiger partial charge in [-0.25, -0.2) is 0 Å². The lowest BCUT2D eigenvalue weighted by Crippen LogP contribution is -2.35. The highest BCUT2D eigenvalue weighted by Gasteiger charge is 2.73. The van der Waals surface area contributed by atoms with Crippen LogP contribution in [0.4, 0.5) is 0 Å². The molecule has 0 nitrogen and oxygen atoms in total. The Kier molecular flexibility index (Phi) is 2.83. The molecule has 2 spiro atoms. The highest BCUT2D eigenvalue weighted by Crippen LogP contribution is 2.83. The van der Waals surface area contributed by atoms with Crippen molar-refractivity contribution in [2.45, 2.75) is 75.0 Å². The Morgan fingerprint density at radius 2 is 0.941 bits per heavy atom. The average molecular weight is 572 g/mol. The lowest BCUT2D eigenvalue weighted by atomic mass is 9.62. The Balaban J connectivity index is 1.20. The molecule has 0 N–H and O–H groups in total. The molecule has 6 saturated carbocycles. The van der Waals surface area contributed by atoms with Crippen molar-refractivity contribution in [3.8, 4) is 0 Å². The van der Waals surface area contributed by atoms with E-state index in [1.54, 1.807) is 22.3 Å². The molecule has 0 aliphatic heterocycles. The van der Waals surface area contributed by atoms with Crippen molar-refractivity contribution in [3.05, 3.63) is 55.5 Å². The molecule has 0 saturated heterocycles. The van der Waals surface area contributed by atoms with Gasteiger partial charge in [0, 0.05) is 8.95 Å². The summed E-state index contributed by atoms with van der Waals surface area (Å²) in [5.74, 6) is 7.56. The van der Waals surface area contributed by atoms with Gasteiger partial charge in [-0.15, -0.1) is 0 Å². The fourth-order valence-electron chi connectivity index (χ4n) is 11.9. The van der Waals surface area contributed by atoms with Crippen LogP contribution >= 0.6 is 31.9 Å². The SMILES string of the molecule is Brc1c2cc3c(cc2c(Br)c2cc4c(cc12)C1CC2CC5(CC45)C2C1)C1CC12CC1CC3CC12. The molecule has 10 atom stereocenters. The first-order chi connectivity index (χ1) is 16.6.